The summed E-state index contributed by atoms with van der Waals surface area (Å²) < 4.78 is 1.92. The van der Waals surface area contributed by atoms with Gasteiger partial charge in [-0.15, -0.1) is 0 Å². The molecule has 102 valence electrons. The molecule has 4 heteroatoms. The van der Waals surface area contributed by atoms with Gasteiger partial charge in [0.15, 0.2) is 0 Å². The van der Waals surface area contributed by atoms with Crippen molar-refractivity contribution >= 4 is 11.6 Å². The summed E-state index contributed by atoms with van der Waals surface area (Å²) in [5.41, 5.74) is 1.93. The number of rotatable bonds is 5. The summed E-state index contributed by atoms with van der Waals surface area (Å²) in [6.45, 7) is 4.14. The molecule has 19 heavy (non-hydrogen) atoms. The fourth-order valence-corrected chi connectivity index (χ4v) is 2.39. The zero-order chi connectivity index (χ0) is 13.8. The second-order valence-corrected chi connectivity index (χ2v) is 5.35. The monoisotopic (exact) mass is 278 g/mol. The fourth-order valence-electron chi connectivity index (χ4n) is 2.16. The van der Waals surface area contributed by atoms with Gasteiger partial charge in [-0.1, -0.05) is 41.9 Å². The van der Waals surface area contributed by atoms with Crippen LogP contribution in [0.15, 0.2) is 36.5 Å². The molecule has 0 spiro atoms. The number of aliphatic hydroxyl groups is 1. The summed E-state index contributed by atoms with van der Waals surface area (Å²) in [5.74, 6) is 0. The van der Waals surface area contributed by atoms with E-state index < -0.39 is 6.10 Å². The van der Waals surface area contributed by atoms with Crippen LogP contribution in [-0.4, -0.2) is 14.9 Å². The second kappa shape index (κ2) is 6.22. The summed E-state index contributed by atoms with van der Waals surface area (Å²) >= 11 is 6.15. The van der Waals surface area contributed by atoms with E-state index in [2.05, 4.69) is 18.9 Å². The van der Waals surface area contributed by atoms with Gasteiger partial charge < -0.3 is 5.11 Å². The number of aliphatic hydroxyl groups excluding tert-OH is 1. The van der Waals surface area contributed by atoms with Crippen LogP contribution in [0.25, 0.3) is 0 Å². The lowest BCUT2D eigenvalue weighted by molar-refractivity contribution is 0.167. The van der Waals surface area contributed by atoms with Crippen LogP contribution in [0.2, 0.25) is 5.02 Å². The van der Waals surface area contributed by atoms with Crippen LogP contribution in [0.4, 0.5) is 0 Å². The minimum Gasteiger partial charge on any atom is -0.388 e. The molecule has 0 radical (unpaired) electrons. The van der Waals surface area contributed by atoms with Crippen LogP contribution in [-0.2, 0) is 6.42 Å². The van der Waals surface area contributed by atoms with E-state index in [1.807, 2.05) is 35.0 Å². The molecule has 1 atom stereocenters. The number of halogens is 1. The van der Waals surface area contributed by atoms with Crippen LogP contribution >= 0.6 is 11.6 Å². The van der Waals surface area contributed by atoms with Crippen molar-refractivity contribution < 1.29 is 5.11 Å². The largest absolute Gasteiger partial charge is 0.388 e. The Morgan fingerprint density at radius 3 is 2.58 bits per heavy atom. The predicted molar refractivity (Wildman–Crippen MR) is 77.3 cm³/mol. The maximum absolute atomic E-state index is 10.2. The zero-order valence-electron chi connectivity index (χ0n) is 11.3. The summed E-state index contributed by atoms with van der Waals surface area (Å²) in [7, 11) is 0. The van der Waals surface area contributed by atoms with E-state index in [9.17, 15) is 5.11 Å². The highest BCUT2D eigenvalue weighted by Crippen LogP contribution is 2.24. The zero-order valence-corrected chi connectivity index (χ0v) is 12.0. The molecule has 0 aliphatic heterocycles. The smallest absolute Gasteiger partial charge is 0.0817 e. The van der Waals surface area contributed by atoms with Crippen molar-refractivity contribution in [1.82, 2.24) is 9.78 Å². The summed E-state index contributed by atoms with van der Waals surface area (Å²) in [4.78, 5) is 0. The highest BCUT2D eigenvalue weighted by atomic mass is 35.5. The van der Waals surface area contributed by atoms with E-state index in [0.717, 1.165) is 11.3 Å². The van der Waals surface area contributed by atoms with E-state index in [0.29, 0.717) is 17.9 Å². The summed E-state index contributed by atoms with van der Waals surface area (Å²) in [6, 6.07) is 9.96. The molecule has 0 amide bonds. The van der Waals surface area contributed by atoms with Crippen molar-refractivity contribution in [3.63, 3.8) is 0 Å². The summed E-state index contributed by atoms with van der Waals surface area (Å²) in [6.07, 6.45) is 2.56. The van der Waals surface area contributed by atoms with Gasteiger partial charge in [-0.2, -0.15) is 5.10 Å². The minimum absolute atomic E-state index is 0.274. The van der Waals surface area contributed by atoms with Gasteiger partial charge in [-0.05, 0) is 32.3 Å². The molecular weight excluding hydrogens is 260 g/mol. The molecule has 0 saturated heterocycles. The Balaban J connectivity index is 2.05. The van der Waals surface area contributed by atoms with E-state index in [-0.39, 0.29) is 6.04 Å². The standard InChI is InChI=1S/C15H19ClN2O/c1-11(2)18-14(13(16)10-17-18)8-9-15(19)12-6-4-3-5-7-12/h3-7,10-11,15,19H,8-9H2,1-2H3. The van der Waals surface area contributed by atoms with Gasteiger partial charge in [-0.25, -0.2) is 0 Å². The Kier molecular flexibility index (Phi) is 4.61. The molecule has 1 unspecified atom stereocenters. The number of hydrogen-bond acceptors (Lipinski definition) is 2. The molecule has 2 rings (SSSR count). The second-order valence-electron chi connectivity index (χ2n) is 4.94. The molecule has 0 fully saturated rings. The molecular formula is C15H19ClN2O. The molecule has 2 aromatic rings. The fraction of sp³-hybridized carbons (Fsp3) is 0.400. The maximum Gasteiger partial charge on any atom is 0.0817 e. The van der Waals surface area contributed by atoms with Crippen LogP contribution in [0.3, 0.4) is 0 Å². The molecule has 0 aliphatic carbocycles. The average molecular weight is 279 g/mol. The molecule has 3 nitrogen and oxygen atoms in total. The minimum atomic E-state index is -0.465. The Bertz CT molecular complexity index is 522. The van der Waals surface area contributed by atoms with Crippen molar-refractivity contribution in [3.8, 4) is 0 Å². The van der Waals surface area contributed by atoms with E-state index >= 15 is 0 Å². The quantitative estimate of drug-likeness (QED) is 0.904. The lowest BCUT2D eigenvalue weighted by Crippen LogP contribution is -2.09. The molecule has 1 N–H and O–H groups in total. The van der Waals surface area contributed by atoms with Gasteiger partial charge in [0.2, 0.25) is 0 Å². The van der Waals surface area contributed by atoms with Gasteiger partial charge in [0.1, 0.15) is 0 Å². The first-order valence-corrected chi connectivity index (χ1v) is 6.92. The maximum atomic E-state index is 10.2. The molecule has 0 saturated carbocycles. The highest BCUT2D eigenvalue weighted by molar-refractivity contribution is 6.31. The van der Waals surface area contributed by atoms with Crippen molar-refractivity contribution in [3.05, 3.63) is 52.8 Å². The van der Waals surface area contributed by atoms with E-state index in [1.54, 1.807) is 6.20 Å². The van der Waals surface area contributed by atoms with Crippen LogP contribution in [0, 0.1) is 0 Å². The number of aromatic nitrogens is 2. The Labute approximate surface area is 118 Å². The van der Waals surface area contributed by atoms with Crippen molar-refractivity contribution in [1.29, 1.82) is 0 Å². The van der Waals surface area contributed by atoms with Gasteiger partial charge in [0, 0.05) is 6.04 Å². The van der Waals surface area contributed by atoms with Gasteiger partial charge in [0.05, 0.1) is 23.0 Å². The third-order valence-electron chi connectivity index (χ3n) is 3.18. The van der Waals surface area contributed by atoms with Crippen LogP contribution in [0.5, 0.6) is 0 Å². The lowest BCUT2D eigenvalue weighted by atomic mass is 10.0. The van der Waals surface area contributed by atoms with Crippen molar-refractivity contribution in [2.75, 3.05) is 0 Å². The average Bonchev–Trinajstić information content (AvgIpc) is 2.78. The molecule has 0 bridgehead atoms. The van der Waals surface area contributed by atoms with E-state index in [4.69, 9.17) is 11.6 Å². The van der Waals surface area contributed by atoms with Gasteiger partial charge in [0.25, 0.3) is 0 Å². The first kappa shape index (κ1) is 14.1. The van der Waals surface area contributed by atoms with Crippen LogP contribution < -0.4 is 0 Å². The van der Waals surface area contributed by atoms with Gasteiger partial charge in [-0.3, -0.25) is 4.68 Å². The van der Waals surface area contributed by atoms with Gasteiger partial charge >= 0.3 is 0 Å². The van der Waals surface area contributed by atoms with Crippen molar-refractivity contribution in [2.24, 2.45) is 0 Å². The first-order chi connectivity index (χ1) is 9.09. The van der Waals surface area contributed by atoms with Crippen LogP contribution in [0.1, 0.15) is 43.7 Å². The number of nitrogens with zero attached hydrogens (tertiary/aromatic N) is 2. The third kappa shape index (κ3) is 3.37. The number of hydrogen-bond donors (Lipinski definition) is 1. The normalized spacial score (nSPS) is 12.9. The third-order valence-corrected chi connectivity index (χ3v) is 3.49. The lowest BCUT2D eigenvalue weighted by Gasteiger charge is -2.14. The molecule has 1 aromatic heterocycles. The first-order valence-electron chi connectivity index (χ1n) is 6.54. The highest BCUT2D eigenvalue weighted by Gasteiger charge is 2.14. The number of benzene rings is 1. The molecule has 1 aromatic carbocycles. The molecule has 0 aliphatic rings. The topological polar surface area (TPSA) is 38.0 Å². The Morgan fingerprint density at radius 1 is 1.26 bits per heavy atom. The Hall–Kier alpha value is -1.32. The Morgan fingerprint density at radius 2 is 1.95 bits per heavy atom. The molecule has 1 heterocycles. The summed E-state index contributed by atoms with van der Waals surface area (Å²) in [5, 5.41) is 15.1. The SMILES string of the molecule is CC(C)n1ncc(Cl)c1CCC(O)c1ccccc1. The van der Waals surface area contributed by atoms with Crippen molar-refractivity contribution in [2.45, 2.75) is 38.8 Å². The predicted octanol–water partition coefficient (Wildman–Crippen LogP) is 3.78. The van der Waals surface area contributed by atoms with E-state index in [1.165, 1.54) is 0 Å².